The standard InChI is InChI=1S/C9H14O2/c1-3-6(2)4-7-5-8(7)9(10)11/h4,7-8H,3,5H2,1-2H3,(H,10,11). The average Bonchev–Trinajstić information content (AvgIpc) is 2.67. The van der Waals surface area contributed by atoms with Crippen molar-refractivity contribution in [2.75, 3.05) is 0 Å². The van der Waals surface area contributed by atoms with Crippen molar-refractivity contribution >= 4 is 5.97 Å². The van der Waals surface area contributed by atoms with Gasteiger partial charge in [0.15, 0.2) is 0 Å². The maximum absolute atomic E-state index is 10.4. The number of carboxylic acids is 1. The molecule has 0 radical (unpaired) electrons. The average molecular weight is 154 g/mol. The lowest BCUT2D eigenvalue weighted by atomic mass is 10.2. The quantitative estimate of drug-likeness (QED) is 0.632. The van der Waals surface area contributed by atoms with Gasteiger partial charge in [0, 0.05) is 0 Å². The van der Waals surface area contributed by atoms with Gasteiger partial charge >= 0.3 is 5.97 Å². The van der Waals surface area contributed by atoms with E-state index >= 15 is 0 Å². The van der Waals surface area contributed by atoms with Crippen LogP contribution in [0.5, 0.6) is 0 Å². The van der Waals surface area contributed by atoms with E-state index in [1.807, 2.05) is 0 Å². The van der Waals surface area contributed by atoms with Crippen molar-refractivity contribution in [3.05, 3.63) is 11.6 Å². The van der Waals surface area contributed by atoms with Crippen LogP contribution < -0.4 is 0 Å². The molecule has 1 saturated carbocycles. The van der Waals surface area contributed by atoms with Crippen LogP contribution >= 0.6 is 0 Å². The zero-order chi connectivity index (χ0) is 8.43. The molecule has 1 rings (SSSR count). The predicted molar refractivity (Wildman–Crippen MR) is 43.3 cm³/mol. The largest absolute Gasteiger partial charge is 0.481 e. The highest BCUT2D eigenvalue weighted by Crippen LogP contribution is 2.40. The van der Waals surface area contributed by atoms with Crippen LogP contribution in [0.1, 0.15) is 26.7 Å². The molecule has 0 bridgehead atoms. The third kappa shape index (κ3) is 2.07. The van der Waals surface area contributed by atoms with E-state index in [0.717, 1.165) is 12.8 Å². The van der Waals surface area contributed by atoms with Crippen LogP contribution in [0, 0.1) is 11.8 Å². The first kappa shape index (κ1) is 8.31. The summed E-state index contributed by atoms with van der Waals surface area (Å²) in [5.74, 6) is -0.404. The summed E-state index contributed by atoms with van der Waals surface area (Å²) < 4.78 is 0. The second kappa shape index (κ2) is 3.07. The first-order valence-corrected chi connectivity index (χ1v) is 4.05. The third-order valence-corrected chi connectivity index (χ3v) is 2.21. The Bertz CT molecular complexity index is 194. The summed E-state index contributed by atoms with van der Waals surface area (Å²) in [4.78, 5) is 10.4. The Morgan fingerprint density at radius 3 is 2.73 bits per heavy atom. The zero-order valence-electron chi connectivity index (χ0n) is 7.00. The summed E-state index contributed by atoms with van der Waals surface area (Å²) in [6, 6.07) is 0. The van der Waals surface area contributed by atoms with Gasteiger partial charge in [0.2, 0.25) is 0 Å². The van der Waals surface area contributed by atoms with E-state index in [0.29, 0.717) is 5.92 Å². The molecule has 11 heavy (non-hydrogen) atoms. The first-order chi connectivity index (χ1) is 5.15. The zero-order valence-corrected chi connectivity index (χ0v) is 7.00. The molecule has 0 amide bonds. The highest BCUT2D eigenvalue weighted by Gasteiger charge is 2.41. The molecule has 0 aromatic heterocycles. The van der Waals surface area contributed by atoms with Gasteiger partial charge in [0.25, 0.3) is 0 Å². The minimum absolute atomic E-state index is 0.0866. The molecule has 0 heterocycles. The number of hydrogen-bond acceptors (Lipinski definition) is 1. The van der Waals surface area contributed by atoms with Crippen LogP contribution in [0.25, 0.3) is 0 Å². The maximum atomic E-state index is 10.4. The Kier molecular flexibility index (Phi) is 2.32. The van der Waals surface area contributed by atoms with Gasteiger partial charge in [-0.05, 0) is 25.7 Å². The number of allylic oxidation sites excluding steroid dienone is 2. The van der Waals surface area contributed by atoms with Gasteiger partial charge in [0.05, 0.1) is 5.92 Å². The molecule has 2 atom stereocenters. The van der Waals surface area contributed by atoms with E-state index in [1.54, 1.807) is 0 Å². The normalized spacial score (nSPS) is 30.2. The molecule has 0 spiro atoms. The molecule has 2 unspecified atom stereocenters. The summed E-state index contributed by atoms with van der Waals surface area (Å²) in [5.41, 5.74) is 1.30. The van der Waals surface area contributed by atoms with Gasteiger partial charge in [-0.15, -0.1) is 0 Å². The van der Waals surface area contributed by atoms with Crippen LogP contribution in [0.2, 0.25) is 0 Å². The number of aliphatic carboxylic acids is 1. The maximum Gasteiger partial charge on any atom is 0.307 e. The summed E-state index contributed by atoms with van der Waals surface area (Å²) in [6.45, 7) is 4.14. The lowest BCUT2D eigenvalue weighted by Gasteiger charge is -1.92. The van der Waals surface area contributed by atoms with Crippen molar-refractivity contribution < 1.29 is 9.90 Å². The van der Waals surface area contributed by atoms with Crippen molar-refractivity contribution in [1.29, 1.82) is 0 Å². The minimum atomic E-state index is -0.643. The highest BCUT2D eigenvalue weighted by molar-refractivity contribution is 5.74. The van der Waals surface area contributed by atoms with E-state index < -0.39 is 5.97 Å². The topological polar surface area (TPSA) is 37.3 Å². The fourth-order valence-electron chi connectivity index (χ4n) is 1.17. The van der Waals surface area contributed by atoms with Crippen molar-refractivity contribution in [2.24, 2.45) is 11.8 Å². The monoisotopic (exact) mass is 154 g/mol. The molecular weight excluding hydrogens is 140 g/mol. The predicted octanol–water partition coefficient (Wildman–Crippen LogP) is 2.06. The molecule has 2 nitrogen and oxygen atoms in total. The highest BCUT2D eigenvalue weighted by atomic mass is 16.4. The van der Waals surface area contributed by atoms with Gasteiger partial charge in [0.1, 0.15) is 0 Å². The molecule has 0 saturated heterocycles. The summed E-state index contributed by atoms with van der Waals surface area (Å²) in [5, 5.41) is 8.58. The molecule has 1 aliphatic carbocycles. The molecule has 0 aromatic rings. The molecular formula is C9H14O2. The smallest absolute Gasteiger partial charge is 0.307 e. The molecule has 62 valence electrons. The first-order valence-electron chi connectivity index (χ1n) is 4.05. The molecule has 0 aliphatic heterocycles. The van der Waals surface area contributed by atoms with Gasteiger partial charge in [-0.3, -0.25) is 4.79 Å². The molecule has 1 N–H and O–H groups in total. The van der Waals surface area contributed by atoms with Crippen molar-refractivity contribution in [1.82, 2.24) is 0 Å². The summed E-state index contributed by atoms with van der Waals surface area (Å²) in [7, 11) is 0. The van der Waals surface area contributed by atoms with Gasteiger partial charge < -0.3 is 5.11 Å². The SMILES string of the molecule is CCC(C)=CC1CC1C(=O)O. The number of hydrogen-bond donors (Lipinski definition) is 1. The van der Waals surface area contributed by atoms with Crippen LogP contribution in [-0.4, -0.2) is 11.1 Å². The Labute approximate surface area is 66.9 Å². The van der Waals surface area contributed by atoms with Crippen LogP contribution in [0.15, 0.2) is 11.6 Å². The molecule has 1 aliphatic rings. The van der Waals surface area contributed by atoms with E-state index in [2.05, 4.69) is 19.9 Å². The van der Waals surface area contributed by atoms with Gasteiger partial charge in [-0.2, -0.15) is 0 Å². The number of carbonyl (C=O) groups is 1. The second-order valence-corrected chi connectivity index (χ2v) is 3.21. The van der Waals surface area contributed by atoms with Crippen molar-refractivity contribution in [3.8, 4) is 0 Å². The number of carboxylic acid groups (broad SMARTS) is 1. The Morgan fingerprint density at radius 1 is 1.73 bits per heavy atom. The van der Waals surface area contributed by atoms with Gasteiger partial charge in [-0.1, -0.05) is 18.6 Å². The summed E-state index contributed by atoms with van der Waals surface area (Å²) in [6.07, 6.45) is 3.97. The third-order valence-electron chi connectivity index (χ3n) is 2.21. The lowest BCUT2D eigenvalue weighted by molar-refractivity contribution is -0.138. The molecule has 0 aromatic carbocycles. The molecule has 1 fully saturated rings. The Balaban J connectivity index is 2.39. The summed E-state index contributed by atoms with van der Waals surface area (Å²) >= 11 is 0. The molecule has 2 heteroatoms. The van der Waals surface area contributed by atoms with Crippen LogP contribution in [0.4, 0.5) is 0 Å². The second-order valence-electron chi connectivity index (χ2n) is 3.21. The van der Waals surface area contributed by atoms with E-state index in [9.17, 15) is 4.79 Å². The van der Waals surface area contributed by atoms with Crippen LogP contribution in [-0.2, 0) is 4.79 Å². The van der Waals surface area contributed by atoms with E-state index in [-0.39, 0.29) is 5.92 Å². The minimum Gasteiger partial charge on any atom is -0.481 e. The van der Waals surface area contributed by atoms with E-state index in [4.69, 9.17) is 5.11 Å². The fraction of sp³-hybridized carbons (Fsp3) is 0.667. The van der Waals surface area contributed by atoms with Gasteiger partial charge in [-0.25, -0.2) is 0 Å². The van der Waals surface area contributed by atoms with Crippen molar-refractivity contribution in [2.45, 2.75) is 26.7 Å². The van der Waals surface area contributed by atoms with Crippen molar-refractivity contribution in [3.63, 3.8) is 0 Å². The fourth-order valence-corrected chi connectivity index (χ4v) is 1.17. The lowest BCUT2D eigenvalue weighted by Crippen LogP contribution is -1.98. The Hall–Kier alpha value is -0.790. The van der Waals surface area contributed by atoms with E-state index in [1.165, 1.54) is 5.57 Å². The Morgan fingerprint density at radius 2 is 2.36 bits per heavy atom. The number of rotatable bonds is 3. The van der Waals surface area contributed by atoms with Crippen LogP contribution in [0.3, 0.4) is 0 Å².